The van der Waals surface area contributed by atoms with Crippen LogP contribution in [0.25, 0.3) is 6.08 Å². The summed E-state index contributed by atoms with van der Waals surface area (Å²) >= 11 is 0. The second-order valence-electron chi connectivity index (χ2n) is 7.10. The van der Waals surface area contributed by atoms with E-state index in [0.29, 0.717) is 17.0 Å². The standard InChI is InChI=1S/C24H25N3O6/c1-3-17-7-5-6-8-19(17)25-21(28)14-27-23(30)20(26-24(27)31)13-16-9-11-18(12-10-16)33-15-22(29)32-4-2/h5-13H,3-4,14-15H2,1-2H3,(H,25,28)(H,26,31)/b20-13+. The molecule has 0 atom stereocenters. The average Bonchev–Trinajstić information content (AvgIpc) is 3.06. The van der Waals surface area contributed by atoms with Gasteiger partial charge in [0, 0.05) is 5.69 Å². The van der Waals surface area contributed by atoms with Crippen LogP contribution in [0.4, 0.5) is 10.5 Å². The molecular formula is C24H25N3O6. The van der Waals surface area contributed by atoms with Crippen molar-refractivity contribution in [3.8, 4) is 5.75 Å². The molecule has 4 amide bonds. The number of urea groups is 1. The smallest absolute Gasteiger partial charge is 0.344 e. The molecule has 1 fully saturated rings. The Morgan fingerprint density at radius 3 is 2.48 bits per heavy atom. The number of ether oxygens (including phenoxy) is 2. The summed E-state index contributed by atoms with van der Waals surface area (Å²) in [6.07, 6.45) is 2.23. The molecule has 9 heteroatoms. The molecule has 0 saturated carbocycles. The molecule has 2 aromatic carbocycles. The highest BCUT2D eigenvalue weighted by atomic mass is 16.6. The lowest BCUT2D eigenvalue weighted by molar-refractivity contribution is -0.145. The maximum absolute atomic E-state index is 12.7. The third-order valence-electron chi connectivity index (χ3n) is 4.79. The first-order chi connectivity index (χ1) is 15.9. The van der Waals surface area contributed by atoms with Crippen LogP contribution in [0.2, 0.25) is 0 Å². The molecule has 172 valence electrons. The Labute approximate surface area is 191 Å². The third kappa shape index (κ3) is 6.19. The number of carbonyl (C=O) groups is 4. The largest absolute Gasteiger partial charge is 0.482 e. The summed E-state index contributed by atoms with van der Waals surface area (Å²) in [4.78, 5) is 49.6. The highest BCUT2D eigenvalue weighted by Crippen LogP contribution is 2.19. The Morgan fingerprint density at radius 2 is 1.79 bits per heavy atom. The van der Waals surface area contributed by atoms with Crippen molar-refractivity contribution in [1.29, 1.82) is 0 Å². The molecule has 33 heavy (non-hydrogen) atoms. The number of carbonyl (C=O) groups excluding carboxylic acids is 4. The van der Waals surface area contributed by atoms with Gasteiger partial charge in [-0.1, -0.05) is 37.3 Å². The molecule has 0 aliphatic carbocycles. The Morgan fingerprint density at radius 1 is 1.06 bits per heavy atom. The minimum absolute atomic E-state index is 0.0574. The minimum Gasteiger partial charge on any atom is -0.482 e. The van der Waals surface area contributed by atoms with Crippen LogP contribution in [-0.2, 0) is 25.5 Å². The normalized spacial score (nSPS) is 14.2. The third-order valence-corrected chi connectivity index (χ3v) is 4.79. The quantitative estimate of drug-likeness (QED) is 0.344. The van der Waals surface area contributed by atoms with Crippen LogP contribution in [0.1, 0.15) is 25.0 Å². The van der Waals surface area contributed by atoms with Gasteiger partial charge in [0.05, 0.1) is 6.61 Å². The Hall–Kier alpha value is -4.14. The molecule has 0 unspecified atom stereocenters. The molecule has 9 nitrogen and oxygen atoms in total. The maximum atomic E-state index is 12.7. The van der Waals surface area contributed by atoms with E-state index in [1.807, 2.05) is 19.1 Å². The van der Waals surface area contributed by atoms with Gasteiger partial charge in [-0.3, -0.25) is 9.59 Å². The van der Waals surface area contributed by atoms with Gasteiger partial charge < -0.3 is 20.1 Å². The van der Waals surface area contributed by atoms with Crippen LogP contribution in [0.3, 0.4) is 0 Å². The number of nitrogens with one attached hydrogen (secondary N) is 2. The lowest BCUT2D eigenvalue weighted by Crippen LogP contribution is -2.38. The summed E-state index contributed by atoms with van der Waals surface area (Å²) in [6.45, 7) is 3.35. The number of amides is 4. The van der Waals surface area contributed by atoms with E-state index < -0.39 is 30.4 Å². The fourth-order valence-electron chi connectivity index (χ4n) is 3.17. The fraction of sp³-hybridized carbons (Fsp3) is 0.250. The lowest BCUT2D eigenvalue weighted by atomic mass is 10.1. The van der Waals surface area contributed by atoms with Gasteiger partial charge in [-0.25, -0.2) is 14.5 Å². The van der Waals surface area contributed by atoms with E-state index in [4.69, 9.17) is 9.47 Å². The van der Waals surface area contributed by atoms with E-state index in [-0.39, 0.29) is 18.9 Å². The van der Waals surface area contributed by atoms with Crippen LogP contribution in [-0.4, -0.2) is 48.5 Å². The molecular weight excluding hydrogens is 426 g/mol. The lowest BCUT2D eigenvalue weighted by Gasteiger charge is -2.13. The van der Waals surface area contributed by atoms with Gasteiger partial charge in [0.1, 0.15) is 18.0 Å². The summed E-state index contributed by atoms with van der Waals surface area (Å²) < 4.78 is 10.1. The van der Waals surface area contributed by atoms with Crippen molar-refractivity contribution in [3.63, 3.8) is 0 Å². The number of hydrogen-bond acceptors (Lipinski definition) is 6. The molecule has 3 rings (SSSR count). The van der Waals surface area contributed by atoms with E-state index in [1.54, 1.807) is 43.3 Å². The first kappa shape index (κ1) is 23.5. The molecule has 1 heterocycles. The first-order valence-electron chi connectivity index (χ1n) is 10.5. The van der Waals surface area contributed by atoms with Gasteiger partial charge >= 0.3 is 12.0 Å². The van der Waals surface area contributed by atoms with Crippen molar-refractivity contribution in [2.24, 2.45) is 0 Å². The average molecular weight is 451 g/mol. The highest BCUT2D eigenvalue weighted by Gasteiger charge is 2.35. The number of benzene rings is 2. The molecule has 0 radical (unpaired) electrons. The van der Waals surface area contributed by atoms with Crippen LogP contribution in [0.15, 0.2) is 54.2 Å². The van der Waals surface area contributed by atoms with Crippen molar-refractivity contribution in [2.45, 2.75) is 20.3 Å². The van der Waals surface area contributed by atoms with E-state index in [2.05, 4.69) is 10.6 Å². The zero-order valence-electron chi connectivity index (χ0n) is 18.4. The van der Waals surface area contributed by atoms with Crippen molar-refractivity contribution < 1.29 is 28.7 Å². The monoisotopic (exact) mass is 451 g/mol. The Kier molecular flexibility index (Phi) is 7.80. The number of para-hydroxylation sites is 1. The second-order valence-corrected chi connectivity index (χ2v) is 7.10. The summed E-state index contributed by atoms with van der Waals surface area (Å²) in [5, 5.41) is 5.24. The predicted molar refractivity (Wildman–Crippen MR) is 121 cm³/mol. The van der Waals surface area contributed by atoms with Crippen LogP contribution in [0, 0.1) is 0 Å². The SMILES string of the molecule is CCOC(=O)COc1ccc(/C=C2/NC(=O)N(CC(=O)Nc3ccccc3CC)C2=O)cc1. The highest BCUT2D eigenvalue weighted by molar-refractivity contribution is 6.16. The summed E-state index contributed by atoms with van der Waals surface area (Å²) in [5.74, 6) is -1.08. The summed E-state index contributed by atoms with van der Waals surface area (Å²) in [7, 11) is 0. The van der Waals surface area contributed by atoms with Gasteiger partial charge in [0.15, 0.2) is 6.61 Å². The zero-order valence-corrected chi connectivity index (χ0v) is 18.4. The number of esters is 1. The molecule has 2 aromatic rings. The maximum Gasteiger partial charge on any atom is 0.344 e. The summed E-state index contributed by atoms with van der Waals surface area (Å²) in [5.41, 5.74) is 2.30. The summed E-state index contributed by atoms with van der Waals surface area (Å²) in [6, 6.07) is 13.3. The molecule has 1 aliphatic rings. The Balaban J connectivity index is 1.61. The molecule has 0 bridgehead atoms. The van der Waals surface area contributed by atoms with Gasteiger partial charge in [-0.15, -0.1) is 0 Å². The van der Waals surface area contributed by atoms with E-state index in [0.717, 1.165) is 16.9 Å². The predicted octanol–water partition coefficient (Wildman–Crippen LogP) is 2.72. The van der Waals surface area contributed by atoms with Gasteiger partial charge in [0.2, 0.25) is 5.91 Å². The van der Waals surface area contributed by atoms with Crippen molar-refractivity contribution in [1.82, 2.24) is 10.2 Å². The number of aryl methyl sites for hydroxylation is 1. The van der Waals surface area contributed by atoms with E-state index in [1.165, 1.54) is 6.08 Å². The van der Waals surface area contributed by atoms with Crippen molar-refractivity contribution in [2.75, 3.05) is 25.1 Å². The van der Waals surface area contributed by atoms with Gasteiger partial charge in [0.25, 0.3) is 5.91 Å². The number of anilines is 1. The fourth-order valence-corrected chi connectivity index (χ4v) is 3.17. The van der Waals surface area contributed by atoms with Gasteiger partial charge in [-0.2, -0.15) is 0 Å². The Bertz CT molecular complexity index is 1080. The second kappa shape index (κ2) is 10.9. The molecule has 1 aliphatic heterocycles. The molecule has 1 saturated heterocycles. The number of nitrogens with zero attached hydrogens (tertiary/aromatic N) is 1. The molecule has 0 spiro atoms. The van der Waals surface area contributed by atoms with Gasteiger partial charge in [-0.05, 0) is 48.7 Å². The first-order valence-corrected chi connectivity index (χ1v) is 10.5. The van der Waals surface area contributed by atoms with Crippen LogP contribution >= 0.6 is 0 Å². The number of imide groups is 1. The van der Waals surface area contributed by atoms with E-state index >= 15 is 0 Å². The minimum atomic E-state index is -0.667. The van der Waals surface area contributed by atoms with Crippen molar-refractivity contribution in [3.05, 3.63) is 65.4 Å². The van der Waals surface area contributed by atoms with Crippen LogP contribution in [0.5, 0.6) is 5.75 Å². The topological polar surface area (TPSA) is 114 Å². The van der Waals surface area contributed by atoms with Crippen LogP contribution < -0.4 is 15.4 Å². The van der Waals surface area contributed by atoms with E-state index in [9.17, 15) is 19.2 Å². The number of rotatable bonds is 9. The molecule has 0 aromatic heterocycles. The zero-order chi connectivity index (χ0) is 23.8. The van der Waals surface area contributed by atoms with Crippen molar-refractivity contribution >= 4 is 35.6 Å². The molecule has 2 N–H and O–H groups in total. The number of hydrogen-bond donors (Lipinski definition) is 2.